The number of carbonyl (C=O) groups is 2. The number of nitrogens with zero attached hydrogens (tertiary/aromatic N) is 1. The zero-order valence-electron chi connectivity index (χ0n) is 12.6. The van der Waals surface area contributed by atoms with Crippen LogP contribution in [-0.4, -0.2) is 47.1 Å². The van der Waals surface area contributed by atoms with Gasteiger partial charge in [-0.2, -0.15) is 0 Å². The molecule has 0 saturated carbocycles. The number of benzene rings is 1. The van der Waals surface area contributed by atoms with Crippen LogP contribution in [0.3, 0.4) is 0 Å². The SMILES string of the molecule is COc1ccc([C@@H]2C(C(C)=O)=C(O)C(=O)N2CCCO)cc1. The molecular weight excluding hydrogens is 286 g/mol. The van der Waals surface area contributed by atoms with E-state index in [2.05, 4.69) is 0 Å². The maximum absolute atomic E-state index is 12.2. The van der Waals surface area contributed by atoms with Crippen molar-refractivity contribution in [3.63, 3.8) is 0 Å². The Kier molecular flexibility index (Phi) is 4.82. The van der Waals surface area contributed by atoms with Crippen LogP contribution in [0, 0.1) is 0 Å². The Morgan fingerprint density at radius 3 is 2.45 bits per heavy atom. The van der Waals surface area contributed by atoms with Crippen LogP contribution in [0.4, 0.5) is 0 Å². The van der Waals surface area contributed by atoms with Gasteiger partial charge in [0.2, 0.25) is 0 Å². The standard InChI is InChI=1S/C16H19NO5/c1-10(19)13-14(11-4-6-12(22-2)7-5-11)17(8-3-9-18)16(21)15(13)20/h4-7,14,18,20H,3,8-9H2,1-2H3/t14-/m1/s1. The summed E-state index contributed by atoms with van der Waals surface area (Å²) < 4.78 is 5.10. The highest BCUT2D eigenvalue weighted by Crippen LogP contribution is 2.38. The van der Waals surface area contributed by atoms with Gasteiger partial charge in [-0.25, -0.2) is 0 Å². The Hall–Kier alpha value is -2.34. The van der Waals surface area contributed by atoms with Crippen molar-refractivity contribution < 1.29 is 24.5 Å². The molecule has 2 rings (SSSR count). The first kappa shape index (κ1) is 16.0. The van der Waals surface area contributed by atoms with Gasteiger partial charge < -0.3 is 19.8 Å². The summed E-state index contributed by atoms with van der Waals surface area (Å²) in [5, 5.41) is 19.0. The van der Waals surface area contributed by atoms with E-state index in [9.17, 15) is 14.7 Å². The molecule has 0 unspecified atom stereocenters. The van der Waals surface area contributed by atoms with E-state index in [0.717, 1.165) is 0 Å². The fraction of sp³-hybridized carbons (Fsp3) is 0.375. The first-order chi connectivity index (χ1) is 10.5. The third kappa shape index (κ3) is 2.82. The normalized spacial score (nSPS) is 18.0. The zero-order chi connectivity index (χ0) is 16.3. The molecule has 6 heteroatoms. The first-order valence-electron chi connectivity index (χ1n) is 7.01. The molecule has 0 aliphatic carbocycles. The minimum absolute atomic E-state index is 0.0741. The van der Waals surface area contributed by atoms with Gasteiger partial charge in [-0.15, -0.1) is 0 Å². The van der Waals surface area contributed by atoms with Crippen LogP contribution >= 0.6 is 0 Å². The smallest absolute Gasteiger partial charge is 0.290 e. The summed E-state index contributed by atoms with van der Waals surface area (Å²) in [6.07, 6.45) is 0.372. The third-order valence-electron chi connectivity index (χ3n) is 3.67. The maximum Gasteiger partial charge on any atom is 0.290 e. The lowest BCUT2D eigenvalue weighted by molar-refractivity contribution is -0.129. The molecule has 1 aliphatic rings. The van der Waals surface area contributed by atoms with E-state index in [4.69, 9.17) is 9.84 Å². The van der Waals surface area contributed by atoms with Gasteiger partial charge in [0.15, 0.2) is 11.5 Å². The fourth-order valence-electron chi connectivity index (χ4n) is 2.62. The van der Waals surface area contributed by atoms with Crippen LogP contribution < -0.4 is 4.74 Å². The van der Waals surface area contributed by atoms with Crippen molar-refractivity contribution in [3.8, 4) is 5.75 Å². The topological polar surface area (TPSA) is 87.1 Å². The number of hydrogen-bond donors (Lipinski definition) is 2. The zero-order valence-corrected chi connectivity index (χ0v) is 12.6. The second-order valence-corrected chi connectivity index (χ2v) is 5.07. The van der Waals surface area contributed by atoms with Crippen LogP contribution in [-0.2, 0) is 9.59 Å². The van der Waals surface area contributed by atoms with Crippen molar-refractivity contribution in [1.82, 2.24) is 4.90 Å². The second kappa shape index (κ2) is 6.62. The second-order valence-electron chi connectivity index (χ2n) is 5.07. The number of aliphatic hydroxyl groups excluding tert-OH is 2. The molecule has 22 heavy (non-hydrogen) atoms. The monoisotopic (exact) mass is 305 g/mol. The summed E-state index contributed by atoms with van der Waals surface area (Å²) in [6, 6.07) is 6.34. The molecule has 1 aliphatic heterocycles. The van der Waals surface area contributed by atoms with E-state index >= 15 is 0 Å². The van der Waals surface area contributed by atoms with Gasteiger partial charge in [0.25, 0.3) is 5.91 Å². The van der Waals surface area contributed by atoms with Crippen LogP contribution in [0.5, 0.6) is 5.75 Å². The number of Topliss-reactive ketones (excluding diaryl/α,β-unsaturated/α-hetero) is 1. The third-order valence-corrected chi connectivity index (χ3v) is 3.67. The van der Waals surface area contributed by atoms with E-state index in [1.165, 1.54) is 11.8 Å². The van der Waals surface area contributed by atoms with Crippen LogP contribution in [0.2, 0.25) is 0 Å². The minimum Gasteiger partial charge on any atom is -0.503 e. The van der Waals surface area contributed by atoms with Gasteiger partial charge in [0, 0.05) is 13.2 Å². The average Bonchev–Trinajstić information content (AvgIpc) is 2.77. The van der Waals surface area contributed by atoms with E-state index in [-0.39, 0.29) is 24.5 Å². The lowest BCUT2D eigenvalue weighted by Gasteiger charge is -2.26. The number of carbonyl (C=O) groups excluding carboxylic acids is 2. The largest absolute Gasteiger partial charge is 0.503 e. The summed E-state index contributed by atoms with van der Waals surface area (Å²) in [5.41, 5.74) is 0.800. The van der Waals surface area contributed by atoms with Gasteiger partial charge in [-0.3, -0.25) is 9.59 Å². The lowest BCUT2D eigenvalue weighted by Crippen LogP contribution is -2.32. The summed E-state index contributed by atoms with van der Waals surface area (Å²) in [5.74, 6) is -0.781. The van der Waals surface area contributed by atoms with E-state index in [1.807, 2.05) is 0 Å². The Morgan fingerprint density at radius 2 is 1.95 bits per heavy atom. The van der Waals surface area contributed by atoms with E-state index in [1.54, 1.807) is 31.4 Å². The van der Waals surface area contributed by atoms with Crippen LogP contribution in [0.15, 0.2) is 35.6 Å². The van der Waals surface area contributed by atoms with E-state index < -0.39 is 17.7 Å². The molecule has 1 aromatic rings. The highest BCUT2D eigenvalue weighted by atomic mass is 16.5. The fourth-order valence-corrected chi connectivity index (χ4v) is 2.62. The number of methoxy groups -OCH3 is 1. The summed E-state index contributed by atoms with van der Waals surface area (Å²) in [7, 11) is 1.55. The van der Waals surface area contributed by atoms with Crippen LogP contribution in [0.1, 0.15) is 24.9 Å². The number of ether oxygens (including phenoxy) is 1. The summed E-state index contributed by atoms with van der Waals surface area (Å²) >= 11 is 0. The van der Waals surface area contributed by atoms with Crippen molar-refractivity contribution in [2.75, 3.05) is 20.3 Å². The summed E-state index contributed by atoms with van der Waals surface area (Å²) in [4.78, 5) is 25.5. The number of aliphatic hydroxyl groups is 2. The Balaban J connectivity index is 2.43. The van der Waals surface area contributed by atoms with E-state index in [0.29, 0.717) is 17.7 Å². The molecule has 0 radical (unpaired) electrons. The molecule has 1 atom stereocenters. The molecule has 0 spiro atoms. The van der Waals surface area contributed by atoms with Gasteiger partial charge >= 0.3 is 0 Å². The molecule has 0 bridgehead atoms. The maximum atomic E-state index is 12.2. The molecular formula is C16H19NO5. The minimum atomic E-state index is -0.637. The molecule has 0 aromatic heterocycles. The van der Waals surface area contributed by atoms with Gasteiger partial charge in [-0.05, 0) is 31.0 Å². The number of ketones is 1. The average molecular weight is 305 g/mol. The van der Waals surface area contributed by atoms with Crippen molar-refractivity contribution in [2.45, 2.75) is 19.4 Å². The Labute approximate surface area is 128 Å². The van der Waals surface area contributed by atoms with Gasteiger partial charge in [0.1, 0.15) is 5.75 Å². The number of rotatable bonds is 6. The summed E-state index contributed by atoms with van der Waals surface area (Å²) in [6.45, 7) is 1.51. The highest BCUT2D eigenvalue weighted by Gasteiger charge is 2.41. The predicted molar refractivity (Wildman–Crippen MR) is 79.5 cm³/mol. The molecule has 1 amide bonds. The Bertz CT molecular complexity index is 605. The first-order valence-corrected chi connectivity index (χ1v) is 7.01. The Morgan fingerprint density at radius 1 is 1.32 bits per heavy atom. The number of hydrogen-bond acceptors (Lipinski definition) is 5. The molecule has 6 nitrogen and oxygen atoms in total. The molecule has 1 aromatic carbocycles. The molecule has 2 N–H and O–H groups in total. The molecule has 0 saturated heterocycles. The lowest BCUT2D eigenvalue weighted by atomic mass is 9.96. The highest BCUT2D eigenvalue weighted by molar-refractivity contribution is 6.08. The van der Waals surface area contributed by atoms with Crippen LogP contribution in [0.25, 0.3) is 0 Å². The molecule has 118 valence electrons. The van der Waals surface area contributed by atoms with Crippen molar-refractivity contribution in [1.29, 1.82) is 0 Å². The predicted octanol–water partition coefficient (Wildman–Crippen LogP) is 1.36. The van der Waals surface area contributed by atoms with Gasteiger partial charge in [0.05, 0.1) is 18.7 Å². The van der Waals surface area contributed by atoms with Crippen molar-refractivity contribution >= 4 is 11.7 Å². The van der Waals surface area contributed by atoms with Crippen molar-refractivity contribution in [2.24, 2.45) is 0 Å². The van der Waals surface area contributed by atoms with Crippen molar-refractivity contribution in [3.05, 3.63) is 41.2 Å². The number of amides is 1. The van der Waals surface area contributed by atoms with Gasteiger partial charge in [-0.1, -0.05) is 12.1 Å². The quantitative estimate of drug-likeness (QED) is 0.828. The molecule has 0 fully saturated rings. The molecule has 1 heterocycles.